The van der Waals surface area contributed by atoms with Crippen molar-refractivity contribution < 1.29 is 9.90 Å². The second-order valence-corrected chi connectivity index (χ2v) is 4.87. The number of carboxylic acid groups (broad SMARTS) is 1. The maximum absolute atomic E-state index is 11.1. The minimum absolute atomic E-state index is 0.536. The van der Waals surface area contributed by atoms with Crippen LogP contribution in [0, 0.1) is 3.57 Å². The summed E-state index contributed by atoms with van der Waals surface area (Å²) in [5.74, 6) is -0.830. The van der Waals surface area contributed by atoms with Crippen LogP contribution in [0.4, 0.5) is 5.69 Å². The molecule has 0 aromatic heterocycles. The van der Waals surface area contributed by atoms with E-state index < -0.39 is 11.5 Å². The lowest BCUT2D eigenvalue weighted by Gasteiger charge is -2.25. The number of aliphatic carboxylic acids is 1. The zero-order valence-electron chi connectivity index (χ0n) is 8.75. The van der Waals surface area contributed by atoms with Crippen LogP contribution in [0.5, 0.6) is 0 Å². The van der Waals surface area contributed by atoms with Crippen molar-refractivity contribution in [3.63, 3.8) is 0 Å². The fourth-order valence-corrected chi connectivity index (χ4v) is 1.72. The Hall–Kier alpha value is -0.780. The monoisotopic (exact) mass is 319 g/mol. The molecule has 0 aliphatic rings. The van der Waals surface area contributed by atoms with Crippen LogP contribution in [0.3, 0.4) is 0 Å². The Bertz CT molecular complexity index is 367. The highest BCUT2D eigenvalue weighted by Crippen LogP contribution is 2.20. The van der Waals surface area contributed by atoms with Gasteiger partial charge in [0.25, 0.3) is 0 Å². The number of nitrogens with one attached hydrogen (secondary N) is 1. The highest BCUT2D eigenvalue weighted by Gasteiger charge is 2.30. The molecule has 0 saturated carbocycles. The van der Waals surface area contributed by atoms with E-state index in [9.17, 15) is 4.79 Å². The molecule has 15 heavy (non-hydrogen) atoms. The lowest BCUT2D eigenvalue weighted by molar-refractivity contribution is -0.141. The zero-order chi connectivity index (χ0) is 11.5. The average Bonchev–Trinajstić information content (AvgIpc) is 2.17. The fraction of sp³-hybridized carbons (Fsp3) is 0.364. The summed E-state index contributed by atoms with van der Waals surface area (Å²) in [7, 11) is 0. The molecule has 1 atom stereocenters. The maximum atomic E-state index is 11.1. The number of hydrogen-bond acceptors (Lipinski definition) is 2. The maximum Gasteiger partial charge on any atom is 0.329 e. The Morgan fingerprint density at radius 1 is 1.60 bits per heavy atom. The zero-order valence-corrected chi connectivity index (χ0v) is 10.9. The van der Waals surface area contributed by atoms with Crippen molar-refractivity contribution in [3.05, 3.63) is 27.8 Å². The second kappa shape index (κ2) is 4.83. The summed E-state index contributed by atoms with van der Waals surface area (Å²) in [6.07, 6.45) is 0.536. The smallest absolute Gasteiger partial charge is 0.329 e. The van der Waals surface area contributed by atoms with E-state index in [0.29, 0.717) is 6.42 Å². The molecule has 3 nitrogen and oxygen atoms in total. The van der Waals surface area contributed by atoms with Crippen molar-refractivity contribution in [2.24, 2.45) is 0 Å². The number of anilines is 1. The number of carboxylic acids is 1. The van der Waals surface area contributed by atoms with E-state index in [0.717, 1.165) is 9.26 Å². The van der Waals surface area contributed by atoms with E-state index in [1.54, 1.807) is 6.92 Å². The number of halogens is 1. The van der Waals surface area contributed by atoms with Crippen LogP contribution in [0.15, 0.2) is 24.3 Å². The van der Waals surface area contributed by atoms with Crippen LogP contribution >= 0.6 is 22.6 Å². The van der Waals surface area contributed by atoms with Gasteiger partial charge in [0, 0.05) is 9.26 Å². The Kier molecular flexibility index (Phi) is 3.96. The van der Waals surface area contributed by atoms with E-state index in [2.05, 4.69) is 27.9 Å². The summed E-state index contributed by atoms with van der Waals surface area (Å²) in [5.41, 5.74) is -0.0570. The second-order valence-electron chi connectivity index (χ2n) is 3.63. The Labute approximate surface area is 103 Å². The van der Waals surface area contributed by atoms with Gasteiger partial charge in [0.05, 0.1) is 0 Å². The van der Waals surface area contributed by atoms with Gasteiger partial charge in [0.1, 0.15) is 5.54 Å². The van der Waals surface area contributed by atoms with E-state index in [4.69, 9.17) is 5.11 Å². The Balaban J connectivity index is 2.89. The van der Waals surface area contributed by atoms with Crippen molar-refractivity contribution >= 4 is 34.2 Å². The first-order valence-electron chi connectivity index (χ1n) is 4.75. The van der Waals surface area contributed by atoms with Crippen LogP contribution in [0.1, 0.15) is 20.3 Å². The van der Waals surface area contributed by atoms with Gasteiger partial charge in [0.2, 0.25) is 0 Å². The van der Waals surface area contributed by atoms with Gasteiger partial charge in [-0.05, 0) is 54.1 Å². The van der Waals surface area contributed by atoms with Gasteiger partial charge in [-0.1, -0.05) is 13.0 Å². The highest BCUT2D eigenvalue weighted by molar-refractivity contribution is 14.1. The summed E-state index contributed by atoms with van der Waals surface area (Å²) in [6.45, 7) is 3.55. The Morgan fingerprint density at radius 2 is 2.27 bits per heavy atom. The molecule has 0 spiro atoms. The predicted molar refractivity (Wildman–Crippen MR) is 69.1 cm³/mol. The summed E-state index contributed by atoms with van der Waals surface area (Å²) in [6, 6.07) is 7.67. The largest absolute Gasteiger partial charge is 0.480 e. The molecule has 0 saturated heterocycles. The lowest BCUT2D eigenvalue weighted by atomic mass is 9.99. The van der Waals surface area contributed by atoms with Crippen molar-refractivity contribution in [1.29, 1.82) is 0 Å². The average molecular weight is 319 g/mol. The van der Waals surface area contributed by atoms with E-state index >= 15 is 0 Å². The van der Waals surface area contributed by atoms with Gasteiger partial charge < -0.3 is 10.4 Å². The van der Waals surface area contributed by atoms with Crippen LogP contribution in [0.25, 0.3) is 0 Å². The predicted octanol–water partition coefficient (Wildman–Crippen LogP) is 2.96. The molecule has 0 bridgehead atoms. The van der Waals surface area contributed by atoms with E-state index in [-0.39, 0.29) is 0 Å². The highest BCUT2D eigenvalue weighted by atomic mass is 127. The van der Waals surface area contributed by atoms with Gasteiger partial charge in [-0.3, -0.25) is 0 Å². The van der Waals surface area contributed by atoms with Crippen LogP contribution < -0.4 is 5.32 Å². The summed E-state index contributed by atoms with van der Waals surface area (Å²) < 4.78 is 1.08. The topological polar surface area (TPSA) is 49.3 Å². The summed E-state index contributed by atoms with van der Waals surface area (Å²) >= 11 is 2.20. The van der Waals surface area contributed by atoms with Crippen LogP contribution in [-0.4, -0.2) is 16.6 Å². The molecule has 1 rings (SSSR count). The fourth-order valence-electron chi connectivity index (χ4n) is 1.18. The van der Waals surface area contributed by atoms with Gasteiger partial charge in [-0.25, -0.2) is 4.79 Å². The van der Waals surface area contributed by atoms with Crippen molar-refractivity contribution in [1.82, 2.24) is 0 Å². The number of rotatable bonds is 4. The molecule has 0 fully saturated rings. The van der Waals surface area contributed by atoms with Crippen LogP contribution in [0.2, 0.25) is 0 Å². The molecule has 0 aliphatic heterocycles. The molecule has 82 valence electrons. The third-order valence-corrected chi connectivity index (χ3v) is 3.09. The quantitative estimate of drug-likeness (QED) is 0.839. The van der Waals surface area contributed by atoms with Gasteiger partial charge in [-0.15, -0.1) is 0 Å². The van der Waals surface area contributed by atoms with E-state index in [1.165, 1.54) is 0 Å². The number of benzene rings is 1. The minimum atomic E-state index is -0.898. The number of carbonyl (C=O) groups is 1. The molecule has 1 aromatic rings. The van der Waals surface area contributed by atoms with Gasteiger partial charge in [0.15, 0.2) is 0 Å². The SMILES string of the molecule is CCC(C)(Nc1cccc(I)c1)C(=O)O. The third kappa shape index (κ3) is 3.09. The Morgan fingerprint density at radius 3 is 2.73 bits per heavy atom. The molecular weight excluding hydrogens is 305 g/mol. The first kappa shape index (κ1) is 12.3. The van der Waals surface area contributed by atoms with Crippen LogP contribution in [-0.2, 0) is 4.79 Å². The molecule has 2 N–H and O–H groups in total. The third-order valence-electron chi connectivity index (χ3n) is 2.42. The first-order valence-corrected chi connectivity index (χ1v) is 5.83. The van der Waals surface area contributed by atoms with Gasteiger partial charge >= 0.3 is 5.97 Å². The van der Waals surface area contributed by atoms with Crippen molar-refractivity contribution in [2.45, 2.75) is 25.8 Å². The van der Waals surface area contributed by atoms with Crippen molar-refractivity contribution in [3.8, 4) is 0 Å². The molecule has 0 amide bonds. The standard InChI is InChI=1S/C11H14INO2/c1-3-11(2,10(14)15)13-9-6-4-5-8(12)7-9/h4-7,13H,3H2,1-2H3,(H,14,15). The molecule has 0 radical (unpaired) electrons. The van der Waals surface area contributed by atoms with Gasteiger partial charge in [-0.2, -0.15) is 0 Å². The lowest BCUT2D eigenvalue weighted by Crippen LogP contribution is -2.42. The van der Waals surface area contributed by atoms with Crippen molar-refractivity contribution in [2.75, 3.05) is 5.32 Å². The normalized spacial score (nSPS) is 14.3. The molecular formula is C11H14INO2. The molecule has 1 unspecified atom stereocenters. The minimum Gasteiger partial charge on any atom is -0.480 e. The summed E-state index contributed by atoms with van der Waals surface area (Å²) in [5, 5.41) is 12.1. The summed E-state index contributed by atoms with van der Waals surface area (Å²) in [4.78, 5) is 11.1. The van der Waals surface area contributed by atoms with E-state index in [1.807, 2.05) is 31.2 Å². The molecule has 0 aliphatic carbocycles. The number of hydrogen-bond donors (Lipinski definition) is 2. The molecule has 1 aromatic carbocycles. The first-order chi connectivity index (χ1) is 6.98. The molecule has 4 heteroatoms. The molecule has 0 heterocycles.